The molecule has 0 aliphatic carbocycles. The molecule has 0 aromatic carbocycles. The lowest BCUT2D eigenvalue weighted by atomic mass is 10.1. The van der Waals surface area contributed by atoms with Crippen molar-refractivity contribution in [3.05, 3.63) is 22.7 Å². The molecule has 0 amide bonds. The number of halogens is 1. The summed E-state index contributed by atoms with van der Waals surface area (Å²) in [6.45, 7) is 1.81. The normalized spacial score (nSPS) is 20.4. The molecule has 1 unspecified atom stereocenters. The molecule has 1 aliphatic rings. The lowest BCUT2D eigenvalue weighted by molar-refractivity contribution is 0.571. The molecule has 1 atom stereocenters. The third-order valence-electron chi connectivity index (χ3n) is 3.10. The maximum atomic E-state index is 11.9. The molecule has 1 saturated heterocycles. The topological polar surface area (TPSA) is 38.1 Å². The Bertz CT molecular complexity index is 418. The maximum Gasteiger partial charge on any atom is 0.293 e. The molecule has 0 spiro atoms. The maximum absolute atomic E-state index is 11.9. The van der Waals surface area contributed by atoms with E-state index < -0.39 is 0 Å². The van der Waals surface area contributed by atoms with Crippen molar-refractivity contribution in [2.75, 3.05) is 23.9 Å². The quantitative estimate of drug-likeness (QED) is 0.748. The van der Waals surface area contributed by atoms with Crippen molar-refractivity contribution in [3.8, 4) is 0 Å². The molecule has 0 N–H and O–H groups in total. The van der Waals surface area contributed by atoms with Gasteiger partial charge in [-0.3, -0.25) is 4.79 Å². The van der Waals surface area contributed by atoms with Gasteiger partial charge in [0.15, 0.2) is 5.82 Å². The van der Waals surface area contributed by atoms with Crippen LogP contribution in [0.25, 0.3) is 0 Å². The Morgan fingerprint density at radius 2 is 2.44 bits per heavy atom. The minimum atomic E-state index is -0.0194. The zero-order chi connectivity index (χ0) is 11.5. The summed E-state index contributed by atoms with van der Waals surface area (Å²) in [5.74, 6) is 1.87. The van der Waals surface area contributed by atoms with E-state index in [1.807, 2.05) is 0 Å². The summed E-state index contributed by atoms with van der Waals surface area (Å²) in [6.07, 6.45) is 5.47. The van der Waals surface area contributed by atoms with E-state index in [2.05, 4.69) is 9.88 Å². The average molecular weight is 242 g/mol. The van der Waals surface area contributed by atoms with Crippen LogP contribution in [-0.2, 0) is 7.05 Å². The van der Waals surface area contributed by atoms with Gasteiger partial charge in [-0.1, -0.05) is 0 Å². The number of alkyl halides is 1. The summed E-state index contributed by atoms with van der Waals surface area (Å²) in [5, 5.41) is 0. The fourth-order valence-electron chi connectivity index (χ4n) is 2.12. The fraction of sp³-hybridized carbons (Fsp3) is 0.636. The zero-order valence-corrected chi connectivity index (χ0v) is 10.2. The monoisotopic (exact) mass is 241 g/mol. The SMILES string of the molecule is Cn1ccnc(N2CCC(CCCl)C2)c1=O. The number of aryl methyl sites for hydroxylation is 1. The van der Waals surface area contributed by atoms with Gasteiger partial charge >= 0.3 is 0 Å². The van der Waals surface area contributed by atoms with E-state index >= 15 is 0 Å². The van der Waals surface area contributed by atoms with Gasteiger partial charge < -0.3 is 9.47 Å². The summed E-state index contributed by atoms with van der Waals surface area (Å²) in [6, 6.07) is 0. The summed E-state index contributed by atoms with van der Waals surface area (Å²) in [7, 11) is 1.75. The summed E-state index contributed by atoms with van der Waals surface area (Å²) in [4.78, 5) is 18.1. The van der Waals surface area contributed by atoms with Crippen LogP contribution in [0, 0.1) is 5.92 Å². The van der Waals surface area contributed by atoms with Crippen LogP contribution in [0.2, 0.25) is 0 Å². The van der Waals surface area contributed by atoms with E-state index in [0.717, 1.165) is 25.9 Å². The highest BCUT2D eigenvalue weighted by molar-refractivity contribution is 6.17. The molecule has 16 heavy (non-hydrogen) atoms. The van der Waals surface area contributed by atoms with Crippen LogP contribution in [0.1, 0.15) is 12.8 Å². The minimum absolute atomic E-state index is 0.0194. The largest absolute Gasteiger partial charge is 0.352 e. The Kier molecular flexibility index (Phi) is 3.49. The predicted octanol–water partition coefficient (Wildman–Crippen LogP) is 1.24. The van der Waals surface area contributed by atoms with Gasteiger partial charge in [-0.15, -0.1) is 11.6 Å². The van der Waals surface area contributed by atoms with Crippen LogP contribution < -0.4 is 10.5 Å². The van der Waals surface area contributed by atoms with Gasteiger partial charge in [0.1, 0.15) is 0 Å². The van der Waals surface area contributed by atoms with Gasteiger partial charge in [0.25, 0.3) is 5.56 Å². The lowest BCUT2D eigenvalue weighted by Crippen LogP contribution is -2.30. The van der Waals surface area contributed by atoms with Crippen LogP contribution in [0.15, 0.2) is 17.2 Å². The molecule has 1 aliphatic heterocycles. The van der Waals surface area contributed by atoms with Crippen molar-refractivity contribution in [1.82, 2.24) is 9.55 Å². The van der Waals surface area contributed by atoms with Gasteiger partial charge in [-0.2, -0.15) is 0 Å². The predicted molar refractivity (Wildman–Crippen MR) is 65.1 cm³/mol. The highest BCUT2D eigenvalue weighted by Gasteiger charge is 2.24. The number of nitrogens with zero attached hydrogens (tertiary/aromatic N) is 3. The van der Waals surface area contributed by atoms with E-state index in [1.54, 1.807) is 24.0 Å². The summed E-state index contributed by atoms with van der Waals surface area (Å²) >= 11 is 5.73. The van der Waals surface area contributed by atoms with Crippen LogP contribution in [-0.4, -0.2) is 28.5 Å². The molecule has 1 aromatic heterocycles. The smallest absolute Gasteiger partial charge is 0.293 e. The van der Waals surface area contributed by atoms with Crippen molar-refractivity contribution in [2.45, 2.75) is 12.8 Å². The first-order valence-corrected chi connectivity index (χ1v) is 6.08. The molecule has 0 saturated carbocycles. The van der Waals surface area contributed by atoms with Gasteiger partial charge in [0, 0.05) is 38.4 Å². The number of rotatable bonds is 3. The standard InChI is InChI=1S/C11H16ClN3O/c1-14-7-5-13-10(11(14)16)15-6-3-9(8-15)2-4-12/h5,7,9H,2-4,6,8H2,1H3. The summed E-state index contributed by atoms with van der Waals surface area (Å²) in [5.41, 5.74) is -0.0194. The second-order valence-corrected chi connectivity index (χ2v) is 4.62. The highest BCUT2D eigenvalue weighted by Crippen LogP contribution is 2.22. The first kappa shape index (κ1) is 11.5. The lowest BCUT2D eigenvalue weighted by Gasteiger charge is -2.16. The number of hydrogen-bond acceptors (Lipinski definition) is 3. The Balaban J connectivity index is 2.15. The number of hydrogen-bond donors (Lipinski definition) is 0. The van der Waals surface area contributed by atoms with Gasteiger partial charge in [-0.25, -0.2) is 4.98 Å². The van der Waals surface area contributed by atoms with Crippen molar-refractivity contribution < 1.29 is 0 Å². The first-order valence-electron chi connectivity index (χ1n) is 5.55. The molecule has 2 rings (SSSR count). The first-order chi connectivity index (χ1) is 7.72. The van der Waals surface area contributed by atoms with Gasteiger partial charge in [0.2, 0.25) is 0 Å². The Labute approximate surface area is 99.9 Å². The molecule has 2 heterocycles. The number of anilines is 1. The second-order valence-electron chi connectivity index (χ2n) is 4.25. The molecule has 5 heteroatoms. The van der Waals surface area contributed by atoms with E-state index in [-0.39, 0.29) is 5.56 Å². The third-order valence-corrected chi connectivity index (χ3v) is 3.32. The van der Waals surface area contributed by atoms with E-state index in [0.29, 0.717) is 17.6 Å². The van der Waals surface area contributed by atoms with Crippen molar-refractivity contribution >= 4 is 17.4 Å². The average Bonchev–Trinajstić information content (AvgIpc) is 2.71. The molecular formula is C11H16ClN3O. The molecule has 0 bridgehead atoms. The highest BCUT2D eigenvalue weighted by atomic mass is 35.5. The molecule has 88 valence electrons. The van der Waals surface area contributed by atoms with Crippen LogP contribution in [0.3, 0.4) is 0 Å². The zero-order valence-electron chi connectivity index (χ0n) is 9.40. The minimum Gasteiger partial charge on any atom is -0.352 e. The third kappa shape index (κ3) is 2.21. The van der Waals surface area contributed by atoms with Crippen LogP contribution >= 0.6 is 11.6 Å². The molecule has 1 aromatic rings. The Hall–Kier alpha value is -1.03. The molecule has 0 radical (unpaired) electrons. The van der Waals surface area contributed by atoms with E-state index in [1.165, 1.54) is 0 Å². The Morgan fingerprint density at radius 3 is 3.19 bits per heavy atom. The fourth-order valence-corrected chi connectivity index (χ4v) is 2.43. The van der Waals surface area contributed by atoms with E-state index in [9.17, 15) is 4.79 Å². The van der Waals surface area contributed by atoms with Gasteiger partial charge in [0.05, 0.1) is 0 Å². The van der Waals surface area contributed by atoms with Crippen molar-refractivity contribution in [1.29, 1.82) is 0 Å². The van der Waals surface area contributed by atoms with Crippen LogP contribution in [0.5, 0.6) is 0 Å². The summed E-state index contributed by atoms with van der Waals surface area (Å²) < 4.78 is 1.57. The number of aromatic nitrogens is 2. The molecule has 1 fully saturated rings. The van der Waals surface area contributed by atoms with Crippen LogP contribution in [0.4, 0.5) is 5.82 Å². The van der Waals surface area contributed by atoms with Gasteiger partial charge in [-0.05, 0) is 18.8 Å². The second kappa shape index (κ2) is 4.87. The van der Waals surface area contributed by atoms with Crippen molar-refractivity contribution in [2.24, 2.45) is 13.0 Å². The Morgan fingerprint density at radius 1 is 1.62 bits per heavy atom. The molecular weight excluding hydrogens is 226 g/mol. The molecule has 4 nitrogen and oxygen atoms in total. The van der Waals surface area contributed by atoms with E-state index in [4.69, 9.17) is 11.6 Å². The van der Waals surface area contributed by atoms with Crippen molar-refractivity contribution in [3.63, 3.8) is 0 Å².